The zero-order chi connectivity index (χ0) is 16.2. The van der Waals surface area contributed by atoms with Crippen LogP contribution in [-0.2, 0) is 11.0 Å². The predicted molar refractivity (Wildman–Crippen MR) is 98.9 cm³/mol. The Morgan fingerprint density at radius 3 is 1.58 bits per heavy atom. The van der Waals surface area contributed by atoms with Crippen molar-refractivity contribution in [2.45, 2.75) is 88.0 Å². The van der Waals surface area contributed by atoms with Gasteiger partial charge in [-0.1, -0.05) is 0 Å². The Labute approximate surface area is 157 Å². The van der Waals surface area contributed by atoms with E-state index < -0.39 is 0 Å². The van der Waals surface area contributed by atoms with Crippen LogP contribution in [0.25, 0.3) is 0 Å². The number of imidazole rings is 1. The smallest absolute Gasteiger partial charge is 0.260 e. The molecule has 3 heteroatoms. The summed E-state index contributed by atoms with van der Waals surface area (Å²) < 4.78 is 2.87. The molecule has 0 atom stereocenters. The van der Waals surface area contributed by atoms with E-state index in [1.165, 1.54) is 38.5 Å². The van der Waals surface area contributed by atoms with E-state index in [0.29, 0.717) is 11.0 Å². The second kappa shape index (κ2) is 5.16. The molecule has 0 aromatic carbocycles. The highest BCUT2D eigenvalue weighted by Crippen LogP contribution is 2.61. The van der Waals surface area contributed by atoms with Gasteiger partial charge in [0.2, 0.25) is 0 Å². The van der Waals surface area contributed by atoms with Gasteiger partial charge in [-0.05, 0) is 113 Å². The van der Waals surface area contributed by atoms with E-state index in [0.717, 1.165) is 35.5 Å². The number of rotatable bonds is 2. The van der Waals surface area contributed by atoms with E-state index in [-0.39, 0.29) is 5.48 Å². The van der Waals surface area contributed by atoms with Crippen molar-refractivity contribution in [2.75, 3.05) is 0 Å². The predicted octanol–water partition coefficient (Wildman–Crippen LogP) is 4.52. The van der Waals surface area contributed by atoms with Gasteiger partial charge in [0.25, 0.3) is 5.82 Å². The Morgan fingerprint density at radius 2 is 1.12 bits per heavy atom. The Bertz CT molecular complexity index is 590. The lowest BCUT2D eigenvalue weighted by molar-refractivity contribution is -0.785. The number of hydrogen-bond donors (Lipinski definition) is 1. The van der Waals surface area contributed by atoms with Crippen molar-refractivity contribution in [1.29, 1.82) is 0 Å². The highest BCUT2D eigenvalue weighted by molar-refractivity contribution is 5.15. The van der Waals surface area contributed by atoms with Gasteiger partial charge in [-0.3, -0.25) is 0 Å². The third-order valence-electron chi connectivity index (χ3n) is 9.74. The number of nitrogens with zero attached hydrogens (tertiary/aromatic N) is 1. The van der Waals surface area contributed by atoms with Crippen LogP contribution in [0.5, 0.6) is 0 Å². The van der Waals surface area contributed by atoms with Crippen LogP contribution in [0.15, 0.2) is 12.4 Å². The van der Waals surface area contributed by atoms with Gasteiger partial charge in [-0.25, -0.2) is 9.55 Å². The molecule has 0 amide bonds. The zero-order valence-corrected chi connectivity index (χ0v) is 16.0. The molecule has 8 aliphatic rings. The fraction of sp³-hybridized carbons (Fsp3) is 0.870. The molecule has 2 N–H and O–H groups in total. The van der Waals surface area contributed by atoms with Crippen molar-refractivity contribution in [1.82, 2.24) is 4.98 Å². The first-order chi connectivity index (χ1) is 12.2. The van der Waals surface area contributed by atoms with Gasteiger partial charge in [0, 0.05) is 0 Å². The lowest BCUT2D eigenvalue weighted by Gasteiger charge is -2.57. The SMILES string of the molecule is [OH-].c1c[n+](C23CC4CC(CC(C4)C2)C3)c(C23CC4CC(CC(C4)C2)C3)[nH]1. The summed E-state index contributed by atoms with van der Waals surface area (Å²) in [6.07, 6.45) is 23.0. The summed E-state index contributed by atoms with van der Waals surface area (Å²) in [6.45, 7) is 0. The fourth-order valence-corrected chi connectivity index (χ4v) is 9.90. The van der Waals surface area contributed by atoms with Crippen LogP contribution in [-0.4, -0.2) is 10.5 Å². The monoisotopic (exact) mass is 354 g/mol. The highest BCUT2D eigenvalue weighted by Gasteiger charge is 2.60. The maximum absolute atomic E-state index is 3.85. The Hall–Kier alpha value is -0.830. The van der Waals surface area contributed by atoms with Crippen LogP contribution in [0.4, 0.5) is 0 Å². The van der Waals surface area contributed by atoms with Gasteiger partial charge in [0.1, 0.15) is 17.9 Å². The summed E-state index contributed by atoms with van der Waals surface area (Å²) in [7, 11) is 0. The van der Waals surface area contributed by atoms with Crippen LogP contribution in [0.3, 0.4) is 0 Å². The van der Waals surface area contributed by atoms with Crippen LogP contribution in [0.1, 0.15) is 82.9 Å². The lowest BCUT2D eigenvalue weighted by Crippen LogP contribution is -2.68. The molecular weight excluding hydrogens is 320 g/mol. The van der Waals surface area contributed by atoms with Crippen LogP contribution >= 0.6 is 0 Å². The molecule has 0 spiro atoms. The van der Waals surface area contributed by atoms with E-state index in [9.17, 15) is 0 Å². The molecular formula is C23H34N2O. The molecule has 8 aliphatic carbocycles. The summed E-state index contributed by atoms with van der Waals surface area (Å²) in [4.78, 5) is 3.85. The molecule has 8 saturated carbocycles. The van der Waals surface area contributed by atoms with Gasteiger partial charge in [-0.15, -0.1) is 0 Å². The molecule has 3 nitrogen and oxygen atoms in total. The van der Waals surface area contributed by atoms with E-state index in [1.807, 2.05) is 0 Å². The first-order valence-corrected chi connectivity index (χ1v) is 11.3. The van der Waals surface area contributed by atoms with Crippen molar-refractivity contribution in [3.63, 3.8) is 0 Å². The standard InChI is InChI=1S/C23H32N2.H2O/c1-2-25(23-12-18-6-19(13-23)8-20(7-18)14-23)21(24-1)22-9-15-3-16(10-22)5-17(4-15)11-22;/h1-2,15-20H,3-14H2;1H2. The van der Waals surface area contributed by atoms with Crippen LogP contribution in [0.2, 0.25) is 0 Å². The Kier molecular flexibility index (Phi) is 3.20. The molecule has 142 valence electrons. The van der Waals surface area contributed by atoms with Gasteiger partial charge >= 0.3 is 0 Å². The second-order valence-electron chi connectivity index (χ2n) is 11.5. The van der Waals surface area contributed by atoms with E-state index >= 15 is 0 Å². The maximum Gasteiger partial charge on any atom is 0.260 e. The Balaban J connectivity index is 0.00000137. The maximum atomic E-state index is 3.85. The molecule has 0 saturated heterocycles. The first kappa shape index (κ1) is 16.2. The average molecular weight is 355 g/mol. The molecule has 8 bridgehead atoms. The summed E-state index contributed by atoms with van der Waals surface area (Å²) in [5.41, 5.74) is 1.01. The summed E-state index contributed by atoms with van der Waals surface area (Å²) >= 11 is 0. The number of hydrogen-bond acceptors (Lipinski definition) is 1. The minimum absolute atomic E-state index is 0. The first-order valence-electron chi connectivity index (χ1n) is 11.3. The van der Waals surface area contributed by atoms with Gasteiger partial charge in [0.15, 0.2) is 0 Å². The number of H-pyrrole nitrogens is 1. The number of aromatic nitrogens is 2. The summed E-state index contributed by atoms with van der Waals surface area (Å²) in [5, 5.41) is 0. The van der Waals surface area contributed by atoms with Crippen molar-refractivity contribution >= 4 is 0 Å². The van der Waals surface area contributed by atoms with Crippen LogP contribution < -0.4 is 4.57 Å². The lowest BCUT2D eigenvalue weighted by atomic mass is 9.49. The highest BCUT2D eigenvalue weighted by atomic mass is 16.0. The Morgan fingerprint density at radius 1 is 0.692 bits per heavy atom. The number of nitrogens with one attached hydrogen (secondary N) is 1. The third-order valence-corrected chi connectivity index (χ3v) is 9.74. The van der Waals surface area contributed by atoms with Gasteiger partial charge in [-0.2, -0.15) is 0 Å². The minimum atomic E-state index is 0. The molecule has 8 fully saturated rings. The normalized spacial score (nSPS) is 53.1. The largest absolute Gasteiger partial charge is 0.870 e. The minimum Gasteiger partial charge on any atom is -0.870 e. The fourth-order valence-electron chi connectivity index (χ4n) is 9.90. The molecule has 1 aromatic rings. The summed E-state index contributed by atoms with van der Waals surface area (Å²) in [5.74, 6) is 7.92. The van der Waals surface area contributed by atoms with E-state index in [2.05, 4.69) is 21.9 Å². The summed E-state index contributed by atoms with van der Waals surface area (Å²) in [6, 6.07) is 0. The zero-order valence-electron chi connectivity index (χ0n) is 16.0. The van der Waals surface area contributed by atoms with Crippen molar-refractivity contribution in [2.24, 2.45) is 35.5 Å². The van der Waals surface area contributed by atoms with Crippen molar-refractivity contribution < 1.29 is 10.0 Å². The third kappa shape index (κ3) is 2.02. The van der Waals surface area contributed by atoms with Crippen LogP contribution in [0, 0.1) is 35.5 Å². The topological polar surface area (TPSA) is 49.7 Å². The molecule has 1 aromatic heterocycles. The molecule has 0 unspecified atom stereocenters. The van der Waals surface area contributed by atoms with E-state index in [1.54, 1.807) is 44.3 Å². The molecule has 0 aliphatic heterocycles. The molecule has 26 heavy (non-hydrogen) atoms. The average Bonchev–Trinajstić information content (AvgIpc) is 3.03. The molecule has 0 radical (unpaired) electrons. The van der Waals surface area contributed by atoms with Crippen molar-refractivity contribution in [3.8, 4) is 0 Å². The van der Waals surface area contributed by atoms with Crippen molar-refractivity contribution in [3.05, 3.63) is 18.2 Å². The van der Waals surface area contributed by atoms with Gasteiger partial charge in [0.05, 0.1) is 5.41 Å². The second-order valence-corrected chi connectivity index (χ2v) is 11.5. The molecule has 9 rings (SSSR count). The van der Waals surface area contributed by atoms with Gasteiger partial charge < -0.3 is 5.48 Å². The number of aromatic amines is 1. The van der Waals surface area contributed by atoms with E-state index in [4.69, 9.17) is 0 Å². The molecule has 1 heterocycles. The quantitative estimate of drug-likeness (QED) is 0.780.